The molecular weight excluding hydrogens is 172 g/mol. The van der Waals surface area contributed by atoms with Crippen LogP contribution in [0.3, 0.4) is 0 Å². The molecule has 1 aliphatic rings. The first-order chi connectivity index (χ1) is 5.83. The second-order valence-corrected chi connectivity index (χ2v) is 4.17. The van der Waals surface area contributed by atoms with Crippen LogP contribution in [0.5, 0.6) is 0 Å². The van der Waals surface area contributed by atoms with Crippen molar-refractivity contribution in [1.82, 2.24) is 10.6 Å². The van der Waals surface area contributed by atoms with Crippen molar-refractivity contribution in [2.75, 3.05) is 25.4 Å². The summed E-state index contributed by atoms with van der Waals surface area (Å²) in [6.45, 7) is 4.85. The van der Waals surface area contributed by atoms with E-state index in [-0.39, 0.29) is 5.91 Å². The highest BCUT2D eigenvalue weighted by Gasteiger charge is 2.15. The molecule has 0 bridgehead atoms. The van der Waals surface area contributed by atoms with Crippen molar-refractivity contribution in [2.24, 2.45) is 0 Å². The van der Waals surface area contributed by atoms with Gasteiger partial charge in [0.05, 0.1) is 5.75 Å². The highest BCUT2D eigenvalue weighted by molar-refractivity contribution is 8.00. The molecule has 2 N–H and O–H groups in total. The summed E-state index contributed by atoms with van der Waals surface area (Å²) in [5.41, 5.74) is 0. The summed E-state index contributed by atoms with van der Waals surface area (Å²) in [5.74, 6) is 0.773. The van der Waals surface area contributed by atoms with E-state index in [0.29, 0.717) is 11.0 Å². The van der Waals surface area contributed by atoms with Crippen LogP contribution >= 0.6 is 11.8 Å². The fourth-order valence-electron chi connectivity index (χ4n) is 1.21. The van der Waals surface area contributed by atoms with Gasteiger partial charge in [-0.15, -0.1) is 11.8 Å². The Balaban J connectivity index is 2.03. The Morgan fingerprint density at radius 2 is 2.58 bits per heavy atom. The molecule has 1 aliphatic heterocycles. The van der Waals surface area contributed by atoms with Gasteiger partial charge in [-0.3, -0.25) is 4.79 Å². The van der Waals surface area contributed by atoms with Gasteiger partial charge in [-0.05, 0) is 19.9 Å². The lowest BCUT2D eigenvalue weighted by Crippen LogP contribution is -2.25. The summed E-state index contributed by atoms with van der Waals surface area (Å²) in [6, 6.07) is 0. The molecular formula is C8H16N2OS. The van der Waals surface area contributed by atoms with Crippen LogP contribution in [0.1, 0.15) is 13.3 Å². The van der Waals surface area contributed by atoms with Gasteiger partial charge in [-0.2, -0.15) is 0 Å². The zero-order valence-electron chi connectivity index (χ0n) is 7.43. The molecule has 0 saturated carbocycles. The van der Waals surface area contributed by atoms with Crippen LogP contribution < -0.4 is 10.6 Å². The molecule has 1 saturated heterocycles. The molecule has 0 spiro atoms. The normalized spacial score (nSPS) is 22.6. The average Bonchev–Trinajstić information content (AvgIpc) is 2.53. The van der Waals surface area contributed by atoms with E-state index in [0.717, 1.165) is 19.6 Å². The van der Waals surface area contributed by atoms with Crippen LogP contribution in [0, 0.1) is 0 Å². The number of rotatable bonds is 4. The molecule has 3 nitrogen and oxygen atoms in total. The molecule has 1 heterocycles. The first-order valence-corrected chi connectivity index (χ1v) is 5.47. The monoisotopic (exact) mass is 188 g/mol. The van der Waals surface area contributed by atoms with E-state index in [1.165, 1.54) is 6.42 Å². The molecule has 1 rings (SSSR count). The number of hydrogen-bond donors (Lipinski definition) is 2. The first kappa shape index (κ1) is 9.86. The fraction of sp³-hybridized carbons (Fsp3) is 0.875. The van der Waals surface area contributed by atoms with E-state index in [1.807, 2.05) is 6.92 Å². The van der Waals surface area contributed by atoms with Crippen molar-refractivity contribution in [3.05, 3.63) is 0 Å². The van der Waals surface area contributed by atoms with Crippen LogP contribution in [0.4, 0.5) is 0 Å². The van der Waals surface area contributed by atoms with Gasteiger partial charge in [0.15, 0.2) is 0 Å². The van der Waals surface area contributed by atoms with E-state index >= 15 is 0 Å². The predicted octanol–water partition coefficient (Wildman–Crippen LogP) is 0.218. The SMILES string of the molecule is CCNC(=O)CSC1CCNC1. The molecule has 0 aromatic rings. The molecule has 1 unspecified atom stereocenters. The van der Waals surface area contributed by atoms with Gasteiger partial charge in [-0.1, -0.05) is 0 Å². The first-order valence-electron chi connectivity index (χ1n) is 4.42. The van der Waals surface area contributed by atoms with Crippen molar-refractivity contribution >= 4 is 17.7 Å². The van der Waals surface area contributed by atoms with Crippen LogP contribution in [0.15, 0.2) is 0 Å². The minimum atomic E-state index is 0.161. The lowest BCUT2D eigenvalue weighted by molar-refractivity contribution is -0.118. The molecule has 4 heteroatoms. The second kappa shape index (κ2) is 5.43. The third-order valence-electron chi connectivity index (χ3n) is 1.84. The predicted molar refractivity (Wildman–Crippen MR) is 52.4 cm³/mol. The quantitative estimate of drug-likeness (QED) is 0.663. The number of carbonyl (C=O) groups is 1. The molecule has 12 heavy (non-hydrogen) atoms. The van der Waals surface area contributed by atoms with Crippen LogP contribution in [-0.2, 0) is 4.79 Å². The van der Waals surface area contributed by atoms with Crippen LogP contribution in [0.25, 0.3) is 0 Å². The lowest BCUT2D eigenvalue weighted by atomic mass is 10.4. The van der Waals surface area contributed by atoms with Gasteiger partial charge < -0.3 is 10.6 Å². The Morgan fingerprint density at radius 1 is 1.75 bits per heavy atom. The van der Waals surface area contributed by atoms with Crippen molar-refractivity contribution in [2.45, 2.75) is 18.6 Å². The van der Waals surface area contributed by atoms with Crippen molar-refractivity contribution in [1.29, 1.82) is 0 Å². The maximum absolute atomic E-state index is 11.0. The average molecular weight is 188 g/mol. The number of hydrogen-bond acceptors (Lipinski definition) is 3. The van der Waals surface area contributed by atoms with Gasteiger partial charge in [-0.25, -0.2) is 0 Å². The maximum Gasteiger partial charge on any atom is 0.229 e. The van der Waals surface area contributed by atoms with Crippen molar-refractivity contribution in [3.63, 3.8) is 0 Å². The second-order valence-electron chi connectivity index (χ2n) is 2.88. The Morgan fingerprint density at radius 3 is 3.17 bits per heavy atom. The van der Waals surface area contributed by atoms with Crippen LogP contribution in [-0.4, -0.2) is 36.5 Å². The Bertz CT molecular complexity index is 146. The minimum Gasteiger partial charge on any atom is -0.356 e. The minimum absolute atomic E-state index is 0.161. The van der Waals surface area contributed by atoms with Crippen LogP contribution in [0.2, 0.25) is 0 Å². The lowest BCUT2D eigenvalue weighted by Gasteiger charge is -2.06. The Labute approximate surface area is 77.7 Å². The summed E-state index contributed by atoms with van der Waals surface area (Å²) < 4.78 is 0. The molecule has 1 atom stereocenters. The van der Waals surface area contributed by atoms with E-state index in [2.05, 4.69) is 10.6 Å². The van der Waals surface area contributed by atoms with Gasteiger partial charge in [0.1, 0.15) is 0 Å². The van der Waals surface area contributed by atoms with Gasteiger partial charge in [0, 0.05) is 18.3 Å². The largest absolute Gasteiger partial charge is 0.356 e. The molecule has 1 fully saturated rings. The fourth-order valence-corrected chi connectivity index (χ4v) is 2.22. The number of nitrogens with one attached hydrogen (secondary N) is 2. The molecule has 70 valence electrons. The highest BCUT2D eigenvalue weighted by Crippen LogP contribution is 2.16. The van der Waals surface area contributed by atoms with E-state index in [4.69, 9.17) is 0 Å². The smallest absolute Gasteiger partial charge is 0.229 e. The zero-order valence-corrected chi connectivity index (χ0v) is 8.25. The standard InChI is InChI=1S/C8H16N2OS/c1-2-10-8(11)6-12-7-3-4-9-5-7/h7,9H,2-6H2,1H3,(H,10,11). The summed E-state index contributed by atoms with van der Waals surface area (Å²) in [5, 5.41) is 6.71. The summed E-state index contributed by atoms with van der Waals surface area (Å²) in [6.07, 6.45) is 1.20. The third kappa shape index (κ3) is 3.45. The van der Waals surface area contributed by atoms with E-state index in [1.54, 1.807) is 11.8 Å². The maximum atomic E-state index is 11.0. The summed E-state index contributed by atoms with van der Waals surface area (Å²) in [4.78, 5) is 11.0. The molecule has 0 aromatic heterocycles. The molecule has 0 radical (unpaired) electrons. The van der Waals surface area contributed by atoms with Gasteiger partial charge in [0.2, 0.25) is 5.91 Å². The zero-order chi connectivity index (χ0) is 8.81. The summed E-state index contributed by atoms with van der Waals surface area (Å²) in [7, 11) is 0. The molecule has 1 amide bonds. The van der Waals surface area contributed by atoms with E-state index < -0.39 is 0 Å². The number of carbonyl (C=O) groups excluding carboxylic acids is 1. The number of amides is 1. The summed E-state index contributed by atoms with van der Waals surface area (Å²) >= 11 is 1.76. The Hall–Kier alpha value is -0.220. The van der Waals surface area contributed by atoms with E-state index in [9.17, 15) is 4.79 Å². The third-order valence-corrected chi connectivity index (χ3v) is 3.14. The van der Waals surface area contributed by atoms with Gasteiger partial charge in [0.25, 0.3) is 0 Å². The van der Waals surface area contributed by atoms with Crippen molar-refractivity contribution in [3.8, 4) is 0 Å². The number of thioether (sulfide) groups is 1. The molecule has 0 aliphatic carbocycles. The Kier molecular flexibility index (Phi) is 4.46. The van der Waals surface area contributed by atoms with Gasteiger partial charge >= 0.3 is 0 Å². The van der Waals surface area contributed by atoms with Crippen molar-refractivity contribution < 1.29 is 4.79 Å². The highest BCUT2D eigenvalue weighted by atomic mass is 32.2. The topological polar surface area (TPSA) is 41.1 Å². The molecule has 0 aromatic carbocycles.